The Morgan fingerprint density at radius 3 is 3.12 bits per heavy atom. The fourth-order valence-corrected chi connectivity index (χ4v) is 2.86. The SMILES string of the molecule is Nc1nc(CSc2nnnn2C2CC2)cs1. The Balaban J connectivity index is 1.67. The van der Waals surface area contributed by atoms with E-state index in [-0.39, 0.29) is 0 Å². The maximum atomic E-state index is 5.57. The molecule has 0 aromatic carbocycles. The summed E-state index contributed by atoms with van der Waals surface area (Å²) in [6, 6.07) is 0.512. The Labute approximate surface area is 100 Å². The van der Waals surface area contributed by atoms with Crippen LogP contribution in [0.5, 0.6) is 0 Å². The number of nitrogen functional groups attached to an aromatic ring is 1. The third kappa shape index (κ3) is 2.03. The van der Waals surface area contributed by atoms with Gasteiger partial charge in [-0.25, -0.2) is 9.67 Å². The van der Waals surface area contributed by atoms with E-state index >= 15 is 0 Å². The average Bonchev–Trinajstić information content (AvgIpc) is 2.86. The van der Waals surface area contributed by atoms with E-state index in [2.05, 4.69) is 20.5 Å². The molecule has 2 heterocycles. The van der Waals surface area contributed by atoms with Gasteiger partial charge in [0.25, 0.3) is 0 Å². The Hall–Kier alpha value is -1.15. The molecule has 1 fully saturated rings. The van der Waals surface area contributed by atoms with Crippen LogP contribution in [0.1, 0.15) is 24.6 Å². The van der Waals surface area contributed by atoms with Gasteiger partial charge in [-0.3, -0.25) is 0 Å². The van der Waals surface area contributed by atoms with Crippen LogP contribution in [0.4, 0.5) is 5.13 Å². The lowest BCUT2D eigenvalue weighted by molar-refractivity contribution is 0.565. The first kappa shape index (κ1) is 10.0. The Morgan fingerprint density at radius 1 is 1.56 bits per heavy atom. The molecule has 8 heteroatoms. The van der Waals surface area contributed by atoms with Crippen molar-refractivity contribution in [2.24, 2.45) is 0 Å². The minimum Gasteiger partial charge on any atom is -0.375 e. The van der Waals surface area contributed by atoms with Gasteiger partial charge in [-0.05, 0) is 23.3 Å². The zero-order valence-corrected chi connectivity index (χ0v) is 10.0. The highest BCUT2D eigenvalue weighted by molar-refractivity contribution is 7.98. The largest absolute Gasteiger partial charge is 0.375 e. The Bertz CT molecular complexity index is 488. The van der Waals surface area contributed by atoms with Crippen molar-refractivity contribution in [3.05, 3.63) is 11.1 Å². The topological polar surface area (TPSA) is 82.5 Å². The van der Waals surface area contributed by atoms with Gasteiger partial charge in [0.15, 0.2) is 5.13 Å². The van der Waals surface area contributed by atoms with Gasteiger partial charge in [0, 0.05) is 11.1 Å². The summed E-state index contributed by atoms with van der Waals surface area (Å²) < 4.78 is 1.90. The van der Waals surface area contributed by atoms with Gasteiger partial charge in [0.2, 0.25) is 5.16 Å². The number of nitrogens with zero attached hydrogens (tertiary/aromatic N) is 5. The number of rotatable bonds is 4. The van der Waals surface area contributed by atoms with Crippen molar-refractivity contribution in [2.75, 3.05) is 5.73 Å². The molecular weight excluding hydrogens is 244 g/mol. The highest BCUT2D eigenvalue weighted by atomic mass is 32.2. The van der Waals surface area contributed by atoms with Crippen LogP contribution in [0.3, 0.4) is 0 Å². The van der Waals surface area contributed by atoms with Gasteiger partial charge in [-0.1, -0.05) is 11.8 Å². The molecule has 84 valence electrons. The summed E-state index contributed by atoms with van der Waals surface area (Å²) in [4.78, 5) is 4.20. The fourth-order valence-electron chi connectivity index (χ4n) is 1.36. The summed E-state index contributed by atoms with van der Waals surface area (Å²) in [5, 5.41) is 15.1. The van der Waals surface area contributed by atoms with Crippen molar-refractivity contribution in [1.29, 1.82) is 0 Å². The molecule has 6 nitrogen and oxygen atoms in total. The summed E-state index contributed by atoms with van der Waals surface area (Å²) in [5.74, 6) is 0.765. The number of tetrazole rings is 1. The maximum absolute atomic E-state index is 5.57. The van der Waals surface area contributed by atoms with E-state index in [0.717, 1.165) is 16.6 Å². The summed E-state index contributed by atoms with van der Waals surface area (Å²) in [7, 11) is 0. The molecule has 0 spiro atoms. The van der Waals surface area contributed by atoms with Crippen LogP contribution in [0, 0.1) is 0 Å². The van der Waals surface area contributed by atoms with Gasteiger partial charge in [-0.15, -0.1) is 16.4 Å². The molecule has 0 atom stereocenters. The molecule has 0 bridgehead atoms. The van der Waals surface area contributed by atoms with Gasteiger partial charge in [0.05, 0.1) is 11.7 Å². The first-order valence-corrected chi connectivity index (χ1v) is 6.80. The summed E-state index contributed by atoms with van der Waals surface area (Å²) >= 11 is 3.06. The van der Waals surface area contributed by atoms with Crippen molar-refractivity contribution in [3.63, 3.8) is 0 Å². The maximum Gasteiger partial charge on any atom is 0.209 e. The van der Waals surface area contributed by atoms with Crippen molar-refractivity contribution in [3.8, 4) is 0 Å². The molecule has 0 saturated heterocycles. The predicted octanol–water partition coefficient (Wildman–Crippen LogP) is 1.34. The van der Waals surface area contributed by atoms with E-state index < -0.39 is 0 Å². The molecule has 1 aliphatic rings. The molecule has 3 rings (SSSR count). The molecule has 16 heavy (non-hydrogen) atoms. The van der Waals surface area contributed by atoms with Crippen molar-refractivity contribution in [1.82, 2.24) is 25.2 Å². The number of thiazole rings is 1. The van der Waals surface area contributed by atoms with Crippen LogP contribution in [0.25, 0.3) is 0 Å². The Kier molecular flexibility index (Phi) is 2.52. The van der Waals surface area contributed by atoms with E-state index in [1.807, 2.05) is 10.1 Å². The zero-order chi connectivity index (χ0) is 11.0. The van der Waals surface area contributed by atoms with E-state index in [0.29, 0.717) is 11.2 Å². The number of aromatic nitrogens is 5. The number of hydrogen-bond donors (Lipinski definition) is 1. The first-order chi connectivity index (χ1) is 7.83. The highest BCUT2D eigenvalue weighted by Gasteiger charge is 2.27. The number of anilines is 1. The van der Waals surface area contributed by atoms with Crippen LogP contribution in [-0.2, 0) is 5.75 Å². The molecule has 2 N–H and O–H groups in total. The minimum atomic E-state index is 0.512. The second-order valence-electron chi connectivity index (χ2n) is 3.60. The second kappa shape index (κ2) is 4.02. The smallest absolute Gasteiger partial charge is 0.209 e. The molecule has 0 radical (unpaired) electrons. The lowest BCUT2D eigenvalue weighted by Crippen LogP contribution is -1.98. The third-order valence-electron chi connectivity index (χ3n) is 2.27. The normalized spacial score (nSPS) is 15.5. The van der Waals surface area contributed by atoms with Gasteiger partial charge < -0.3 is 5.73 Å². The molecule has 1 aliphatic carbocycles. The minimum absolute atomic E-state index is 0.512. The molecule has 2 aromatic heterocycles. The molecule has 0 unspecified atom stereocenters. The van der Waals surface area contributed by atoms with E-state index in [9.17, 15) is 0 Å². The quantitative estimate of drug-likeness (QED) is 0.829. The number of hydrogen-bond acceptors (Lipinski definition) is 7. The van der Waals surface area contributed by atoms with Crippen molar-refractivity contribution >= 4 is 28.2 Å². The van der Waals surface area contributed by atoms with Crippen molar-refractivity contribution < 1.29 is 0 Å². The highest BCUT2D eigenvalue weighted by Crippen LogP contribution is 2.36. The van der Waals surface area contributed by atoms with Gasteiger partial charge in [-0.2, -0.15) is 0 Å². The monoisotopic (exact) mass is 254 g/mol. The average molecular weight is 254 g/mol. The summed E-state index contributed by atoms with van der Waals surface area (Å²) in [6.45, 7) is 0. The standard InChI is InChI=1S/C8H10N6S2/c9-7-10-5(3-15-7)4-16-8-11-12-13-14(8)6-1-2-6/h3,6H,1-2,4H2,(H2,9,10). The van der Waals surface area contributed by atoms with Crippen LogP contribution in [0.15, 0.2) is 10.5 Å². The first-order valence-electron chi connectivity index (χ1n) is 4.93. The van der Waals surface area contributed by atoms with E-state index in [4.69, 9.17) is 5.73 Å². The van der Waals surface area contributed by atoms with E-state index in [1.54, 1.807) is 11.8 Å². The van der Waals surface area contributed by atoms with Gasteiger partial charge in [0.1, 0.15) is 0 Å². The van der Waals surface area contributed by atoms with Crippen LogP contribution < -0.4 is 5.73 Å². The Morgan fingerprint density at radius 2 is 2.44 bits per heavy atom. The van der Waals surface area contributed by atoms with Crippen LogP contribution in [0.2, 0.25) is 0 Å². The summed E-state index contributed by atoms with van der Waals surface area (Å²) in [5.41, 5.74) is 6.55. The van der Waals surface area contributed by atoms with E-state index in [1.165, 1.54) is 24.2 Å². The van der Waals surface area contributed by atoms with Crippen LogP contribution >= 0.6 is 23.1 Å². The molecule has 2 aromatic rings. The number of nitrogens with two attached hydrogens (primary N) is 1. The number of thioether (sulfide) groups is 1. The fraction of sp³-hybridized carbons (Fsp3) is 0.500. The molecule has 0 aliphatic heterocycles. The third-order valence-corrected chi connectivity index (χ3v) is 3.96. The summed E-state index contributed by atoms with van der Waals surface area (Å²) in [6.07, 6.45) is 2.37. The van der Waals surface area contributed by atoms with Crippen LogP contribution in [-0.4, -0.2) is 25.2 Å². The lowest BCUT2D eigenvalue weighted by Gasteiger charge is -1.99. The van der Waals surface area contributed by atoms with Crippen molar-refractivity contribution in [2.45, 2.75) is 29.8 Å². The zero-order valence-electron chi connectivity index (χ0n) is 8.41. The predicted molar refractivity (Wildman–Crippen MR) is 62.2 cm³/mol. The van der Waals surface area contributed by atoms with Gasteiger partial charge >= 0.3 is 0 Å². The molecule has 1 saturated carbocycles. The lowest BCUT2D eigenvalue weighted by atomic mass is 10.6. The second-order valence-corrected chi connectivity index (χ2v) is 5.44. The molecular formula is C8H10N6S2. The molecule has 0 amide bonds.